The van der Waals surface area contributed by atoms with Crippen molar-refractivity contribution in [3.05, 3.63) is 96.6 Å². The van der Waals surface area contributed by atoms with Gasteiger partial charge in [-0.2, -0.15) is 11.8 Å². The highest BCUT2D eigenvalue weighted by Crippen LogP contribution is 2.36. The molecule has 0 aliphatic heterocycles. The quantitative estimate of drug-likeness (QED) is 0.271. The van der Waals surface area contributed by atoms with Crippen molar-refractivity contribution in [3.63, 3.8) is 0 Å². The molecule has 0 unspecified atom stereocenters. The number of thioether (sulfide) groups is 1. The molecule has 0 radical (unpaired) electrons. The predicted molar refractivity (Wildman–Crippen MR) is 141 cm³/mol. The van der Waals surface area contributed by atoms with Gasteiger partial charge in [0.05, 0.1) is 7.11 Å². The summed E-state index contributed by atoms with van der Waals surface area (Å²) in [5.74, 6) is 0.960. The Balaban J connectivity index is 1.31. The van der Waals surface area contributed by atoms with Crippen molar-refractivity contribution < 1.29 is 13.9 Å². The summed E-state index contributed by atoms with van der Waals surface area (Å²) < 4.78 is 10.9. The lowest BCUT2D eigenvalue weighted by molar-refractivity contribution is -0.141. The molecule has 4 nitrogen and oxygen atoms in total. The van der Waals surface area contributed by atoms with Gasteiger partial charge in [-0.25, -0.2) is 0 Å². The van der Waals surface area contributed by atoms with Crippen LogP contribution < -0.4 is 5.73 Å². The molecule has 2 N–H and O–H groups in total. The lowest BCUT2D eigenvalue weighted by atomic mass is 9.98. The van der Waals surface area contributed by atoms with Crippen LogP contribution in [0.15, 0.2) is 95.4 Å². The van der Waals surface area contributed by atoms with Gasteiger partial charge in [0, 0.05) is 27.8 Å². The molecule has 1 heterocycles. The average Bonchev–Trinajstić information content (AvgIpc) is 3.27. The van der Waals surface area contributed by atoms with Gasteiger partial charge in [-0.05, 0) is 28.3 Å². The van der Waals surface area contributed by atoms with Gasteiger partial charge in [0.15, 0.2) is 0 Å². The lowest BCUT2D eigenvalue weighted by Gasteiger charge is -2.09. The van der Waals surface area contributed by atoms with E-state index in [-0.39, 0.29) is 5.97 Å². The number of furan rings is 1. The highest BCUT2D eigenvalue weighted by atomic mass is 32.2. The first kappa shape index (κ1) is 22.3. The lowest BCUT2D eigenvalue weighted by Crippen LogP contribution is -2.33. The number of carbonyl (C=O) groups is 1. The van der Waals surface area contributed by atoms with Crippen molar-refractivity contribution in [2.24, 2.45) is 5.73 Å². The largest absolute Gasteiger partial charge is 0.468 e. The Morgan fingerprint density at radius 1 is 0.853 bits per heavy atom. The van der Waals surface area contributed by atoms with E-state index in [2.05, 4.69) is 77.5 Å². The van der Waals surface area contributed by atoms with Crippen LogP contribution >= 0.6 is 11.8 Å². The molecule has 0 aliphatic carbocycles. The van der Waals surface area contributed by atoms with Gasteiger partial charge in [0.25, 0.3) is 0 Å². The van der Waals surface area contributed by atoms with Crippen molar-refractivity contribution in [1.82, 2.24) is 0 Å². The highest BCUT2D eigenvalue weighted by molar-refractivity contribution is 7.98. The van der Waals surface area contributed by atoms with Crippen molar-refractivity contribution >= 4 is 39.7 Å². The smallest absolute Gasteiger partial charge is 0.323 e. The van der Waals surface area contributed by atoms with Gasteiger partial charge in [0.1, 0.15) is 17.2 Å². The predicted octanol–water partition coefficient (Wildman–Crippen LogP) is 6.65. The number of fused-ring (bicyclic) bond motifs is 3. The van der Waals surface area contributed by atoms with Gasteiger partial charge in [0.2, 0.25) is 0 Å². The van der Waals surface area contributed by atoms with E-state index in [0.29, 0.717) is 5.75 Å². The Bertz CT molecular complexity index is 1440. The van der Waals surface area contributed by atoms with Crippen LogP contribution in [0.3, 0.4) is 0 Å². The summed E-state index contributed by atoms with van der Waals surface area (Å²) in [7, 11) is 1.36. The third-order valence-electron chi connectivity index (χ3n) is 5.96. The van der Waals surface area contributed by atoms with E-state index in [9.17, 15) is 4.79 Å². The number of para-hydroxylation sites is 2. The fourth-order valence-electron chi connectivity index (χ4n) is 4.13. The average molecular weight is 468 g/mol. The zero-order valence-electron chi connectivity index (χ0n) is 18.9. The number of ether oxygens (including phenoxy) is 1. The fraction of sp³-hybridized carbons (Fsp3) is 0.138. The first-order valence-electron chi connectivity index (χ1n) is 11.2. The zero-order chi connectivity index (χ0) is 23.5. The van der Waals surface area contributed by atoms with Crippen LogP contribution in [0.5, 0.6) is 0 Å². The van der Waals surface area contributed by atoms with E-state index in [1.165, 1.54) is 12.7 Å². The van der Waals surface area contributed by atoms with Crippen molar-refractivity contribution in [2.45, 2.75) is 11.8 Å². The second-order valence-electron chi connectivity index (χ2n) is 8.20. The van der Waals surface area contributed by atoms with Crippen molar-refractivity contribution in [3.8, 4) is 22.3 Å². The van der Waals surface area contributed by atoms with E-state index < -0.39 is 6.04 Å². The molecular formula is C29H25NO3S. The molecule has 0 fully saturated rings. The summed E-state index contributed by atoms with van der Waals surface area (Å²) in [6.45, 7) is 0. The zero-order valence-corrected chi connectivity index (χ0v) is 19.7. The molecule has 0 amide bonds. The molecule has 0 aliphatic rings. The first-order chi connectivity index (χ1) is 16.6. The van der Waals surface area contributed by atoms with Crippen LogP contribution in [0.25, 0.3) is 44.2 Å². The Kier molecular flexibility index (Phi) is 6.39. The molecule has 170 valence electrons. The fourth-order valence-corrected chi connectivity index (χ4v) is 5.07. The Hall–Kier alpha value is -3.54. The second kappa shape index (κ2) is 9.75. The summed E-state index contributed by atoms with van der Waals surface area (Å²) in [5, 5.41) is 2.28. The number of nitrogens with two attached hydrogens (primary N) is 1. The molecule has 0 bridgehead atoms. The van der Waals surface area contributed by atoms with Crippen LogP contribution in [-0.2, 0) is 15.3 Å². The normalized spacial score (nSPS) is 12.2. The molecule has 5 heteroatoms. The number of rotatable bonds is 7. The minimum Gasteiger partial charge on any atom is -0.468 e. The molecule has 5 aromatic rings. The highest BCUT2D eigenvalue weighted by Gasteiger charge is 2.14. The molecule has 1 atom stereocenters. The molecule has 5 rings (SSSR count). The molecule has 1 aromatic heterocycles. The van der Waals surface area contributed by atoms with Crippen LogP contribution in [0, 0.1) is 0 Å². The molecule has 4 aromatic carbocycles. The van der Waals surface area contributed by atoms with Crippen LogP contribution in [0.4, 0.5) is 0 Å². The summed E-state index contributed by atoms with van der Waals surface area (Å²) in [4.78, 5) is 11.4. The molecule has 34 heavy (non-hydrogen) atoms. The topological polar surface area (TPSA) is 65.5 Å². The summed E-state index contributed by atoms with van der Waals surface area (Å²) >= 11 is 1.63. The maximum atomic E-state index is 11.4. The van der Waals surface area contributed by atoms with Gasteiger partial charge in [-0.1, -0.05) is 84.9 Å². The molecular weight excluding hydrogens is 442 g/mol. The minimum absolute atomic E-state index is 0.372. The summed E-state index contributed by atoms with van der Waals surface area (Å²) in [6, 6.07) is 31.0. The Labute approximate surface area is 202 Å². The van der Waals surface area contributed by atoms with Crippen LogP contribution in [0.2, 0.25) is 0 Å². The number of methoxy groups -OCH3 is 1. The molecule has 0 saturated heterocycles. The van der Waals surface area contributed by atoms with Gasteiger partial charge in [-0.15, -0.1) is 0 Å². The monoisotopic (exact) mass is 467 g/mol. The SMILES string of the molecule is COC(=O)[C@@H](N)CSCc1ccc(-c2ccc(-c3cccc4c3oc3ccccc34)cc2)cc1. The van der Waals surface area contributed by atoms with Gasteiger partial charge < -0.3 is 14.9 Å². The van der Waals surface area contributed by atoms with E-state index >= 15 is 0 Å². The number of hydrogen-bond acceptors (Lipinski definition) is 5. The maximum Gasteiger partial charge on any atom is 0.323 e. The third kappa shape index (κ3) is 4.45. The van der Waals surface area contributed by atoms with Crippen LogP contribution in [0.1, 0.15) is 5.56 Å². The summed E-state index contributed by atoms with van der Waals surface area (Å²) in [6.07, 6.45) is 0. The standard InChI is InChI=1S/C29H25NO3S/c1-32-29(31)26(30)18-34-17-19-9-11-20(12-10-19)21-13-15-22(16-14-21)23-6-4-7-25-24-5-2-3-8-27(24)33-28(23)25/h2-16,26H,17-18,30H2,1H3/t26-/m0/s1. The van der Waals surface area contributed by atoms with E-state index in [1.807, 2.05) is 18.2 Å². The Morgan fingerprint density at radius 3 is 2.24 bits per heavy atom. The van der Waals surface area contributed by atoms with E-state index in [1.54, 1.807) is 11.8 Å². The number of benzene rings is 4. The maximum absolute atomic E-state index is 11.4. The second-order valence-corrected chi connectivity index (χ2v) is 9.23. The van der Waals surface area contributed by atoms with E-state index in [0.717, 1.165) is 49.9 Å². The van der Waals surface area contributed by atoms with Crippen LogP contribution in [-0.4, -0.2) is 24.9 Å². The van der Waals surface area contributed by atoms with Gasteiger partial charge >= 0.3 is 5.97 Å². The molecule has 0 spiro atoms. The molecule has 0 saturated carbocycles. The van der Waals surface area contributed by atoms with Crippen molar-refractivity contribution in [1.29, 1.82) is 0 Å². The third-order valence-corrected chi connectivity index (χ3v) is 7.09. The number of hydrogen-bond donors (Lipinski definition) is 1. The number of esters is 1. The first-order valence-corrected chi connectivity index (χ1v) is 12.3. The minimum atomic E-state index is -0.585. The van der Waals surface area contributed by atoms with Crippen molar-refractivity contribution in [2.75, 3.05) is 12.9 Å². The summed E-state index contributed by atoms with van der Waals surface area (Å²) in [5.41, 5.74) is 13.4. The number of carbonyl (C=O) groups excluding carboxylic acids is 1. The van der Waals surface area contributed by atoms with E-state index in [4.69, 9.17) is 10.2 Å². The van der Waals surface area contributed by atoms with Gasteiger partial charge in [-0.3, -0.25) is 4.79 Å². The Morgan fingerprint density at radius 2 is 1.50 bits per heavy atom.